The molecule has 4 nitrogen and oxygen atoms in total. The van der Waals surface area contributed by atoms with E-state index in [1.54, 1.807) is 0 Å². The van der Waals surface area contributed by atoms with Crippen LogP contribution in [0.1, 0.15) is 23.1 Å². The molecule has 0 aliphatic carbocycles. The number of rotatable bonds is 3. The number of aryl methyl sites for hydroxylation is 1. The topological polar surface area (TPSA) is 66.6 Å². The van der Waals surface area contributed by atoms with Crippen molar-refractivity contribution in [1.29, 1.82) is 0 Å². The highest BCUT2D eigenvalue weighted by Crippen LogP contribution is 2.30. The standard InChI is InChI=1S/C17H18N2O2/c18-15-6-7-16-14(9-15)5-8-17(21)19(16)10-12-1-3-13(11-20)4-2-12/h1-4,6-7,9,20H,5,8,10-11,18H2. The molecule has 1 aliphatic heterocycles. The maximum absolute atomic E-state index is 12.2. The van der Waals surface area contributed by atoms with Crippen LogP contribution in [0.3, 0.4) is 0 Å². The zero-order valence-electron chi connectivity index (χ0n) is 11.7. The Morgan fingerprint density at radius 2 is 1.76 bits per heavy atom. The van der Waals surface area contributed by atoms with Gasteiger partial charge < -0.3 is 15.7 Å². The molecular weight excluding hydrogens is 264 g/mol. The maximum Gasteiger partial charge on any atom is 0.227 e. The van der Waals surface area contributed by atoms with Gasteiger partial charge in [0.1, 0.15) is 0 Å². The van der Waals surface area contributed by atoms with Crippen LogP contribution >= 0.6 is 0 Å². The number of aliphatic hydroxyl groups excluding tert-OH is 1. The van der Waals surface area contributed by atoms with Crippen LogP contribution in [0.2, 0.25) is 0 Å². The Morgan fingerprint density at radius 3 is 2.48 bits per heavy atom. The quantitative estimate of drug-likeness (QED) is 0.848. The molecule has 108 valence electrons. The Kier molecular flexibility index (Phi) is 3.62. The van der Waals surface area contributed by atoms with E-state index in [0.717, 1.165) is 34.5 Å². The van der Waals surface area contributed by atoms with Gasteiger partial charge in [0, 0.05) is 17.8 Å². The summed E-state index contributed by atoms with van der Waals surface area (Å²) in [6.07, 6.45) is 1.27. The highest BCUT2D eigenvalue weighted by atomic mass is 16.3. The average molecular weight is 282 g/mol. The van der Waals surface area contributed by atoms with E-state index in [2.05, 4.69) is 0 Å². The Labute approximate surface area is 123 Å². The van der Waals surface area contributed by atoms with E-state index in [4.69, 9.17) is 10.8 Å². The molecule has 0 atom stereocenters. The number of benzene rings is 2. The van der Waals surface area contributed by atoms with Crippen molar-refractivity contribution in [3.63, 3.8) is 0 Å². The van der Waals surface area contributed by atoms with Crippen LogP contribution in [0, 0.1) is 0 Å². The predicted octanol–water partition coefficient (Wildman–Crippen LogP) is 2.24. The molecule has 0 saturated heterocycles. The molecule has 4 heteroatoms. The molecule has 2 aromatic carbocycles. The van der Waals surface area contributed by atoms with Crippen molar-refractivity contribution in [3.05, 3.63) is 59.2 Å². The molecule has 0 fully saturated rings. The molecule has 1 aliphatic rings. The fraction of sp³-hybridized carbons (Fsp3) is 0.235. The lowest BCUT2D eigenvalue weighted by Crippen LogP contribution is -2.34. The molecule has 0 saturated carbocycles. The van der Waals surface area contributed by atoms with Crippen LogP contribution < -0.4 is 10.6 Å². The number of nitrogens with zero attached hydrogens (tertiary/aromatic N) is 1. The van der Waals surface area contributed by atoms with Crippen LogP contribution in [-0.2, 0) is 24.4 Å². The van der Waals surface area contributed by atoms with Crippen LogP contribution in [0.5, 0.6) is 0 Å². The van der Waals surface area contributed by atoms with Crippen molar-refractivity contribution in [3.8, 4) is 0 Å². The number of hydrogen-bond donors (Lipinski definition) is 2. The van der Waals surface area contributed by atoms with Gasteiger partial charge in [-0.1, -0.05) is 24.3 Å². The first-order valence-corrected chi connectivity index (χ1v) is 7.05. The van der Waals surface area contributed by atoms with E-state index >= 15 is 0 Å². The molecule has 3 rings (SSSR count). The van der Waals surface area contributed by atoms with Gasteiger partial charge in [0.15, 0.2) is 0 Å². The van der Waals surface area contributed by atoms with Gasteiger partial charge in [-0.05, 0) is 41.3 Å². The third-order valence-electron chi connectivity index (χ3n) is 3.85. The summed E-state index contributed by atoms with van der Waals surface area (Å²) in [7, 11) is 0. The summed E-state index contributed by atoms with van der Waals surface area (Å²) in [5, 5.41) is 9.07. The zero-order valence-corrected chi connectivity index (χ0v) is 11.7. The summed E-state index contributed by atoms with van der Waals surface area (Å²) in [6.45, 7) is 0.576. The molecule has 0 spiro atoms. The summed E-state index contributed by atoms with van der Waals surface area (Å²) in [4.78, 5) is 14.0. The van der Waals surface area contributed by atoms with E-state index in [-0.39, 0.29) is 12.5 Å². The molecule has 0 unspecified atom stereocenters. The molecule has 2 aromatic rings. The van der Waals surface area contributed by atoms with Gasteiger partial charge in [-0.3, -0.25) is 4.79 Å². The number of nitrogen functional groups attached to an aromatic ring is 1. The minimum absolute atomic E-state index is 0.0328. The summed E-state index contributed by atoms with van der Waals surface area (Å²) in [5.41, 5.74) is 10.5. The van der Waals surface area contributed by atoms with E-state index in [9.17, 15) is 4.79 Å². The van der Waals surface area contributed by atoms with E-state index in [1.165, 1.54) is 0 Å². The highest BCUT2D eigenvalue weighted by molar-refractivity contribution is 5.96. The van der Waals surface area contributed by atoms with Crippen LogP contribution in [0.25, 0.3) is 0 Å². The first-order chi connectivity index (χ1) is 10.2. The molecule has 0 radical (unpaired) electrons. The van der Waals surface area contributed by atoms with Crippen molar-refractivity contribution in [2.75, 3.05) is 10.6 Å². The number of carbonyl (C=O) groups is 1. The van der Waals surface area contributed by atoms with Crippen molar-refractivity contribution >= 4 is 17.3 Å². The average Bonchev–Trinajstić information content (AvgIpc) is 2.51. The van der Waals surface area contributed by atoms with Gasteiger partial charge in [-0.15, -0.1) is 0 Å². The van der Waals surface area contributed by atoms with Crippen molar-refractivity contribution in [1.82, 2.24) is 0 Å². The van der Waals surface area contributed by atoms with Crippen LogP contribution in [-0.4, -0.2) is 11.0 Å². The third-order valence-corrected chi connectivity index (χ3v) is 3.85. The van der Waals surface area contributed by atoms with Gasteiger partial charge >= 0.3 is 0 Å². The third kappa shape index (κ3) is 2.76. The number of anilines is 2. The van der Waals surface area contributed by atoms with Gasteiger partial charge in [0.05, 0.1) is 13.2 Å². The summed E-state index contributed by atoms with van der Waals surface area (Å²) in [6, 6.07) is 13.4. The lowest BCUT2D eigenvalue weighted by atomic mass is 9.99. The van der Waals surface area contributed by atoms with Gasteiger partial charge in [0.2, 0.25) is 5.91 Å². The number of fused-ring (bicyclic) bond motifs is 1. The van der Waals surface area contributed by atoms with E-state index < -0.39 is 0 Å². The van der Waals surface area contributed by atoms with Crippen LogP contribution in [0.15, 0.2) is 42.5 Å². The Morgan fingerprint density at radius 1 is 1.05 bits per heavy atom. The number of aliphatic hydroxyl groups is 1. The molecule has 3 N–H and O–H groups in total. The van der Waals surface area contributed by atoms with Gasteiger partial charge in [0.25, 0.3) is 0 Å². The van der Waals surface area contributed by atoms with E-state index in [1.807, 2.05) is 47.4 Å². The lowest BCUT2D eigenvalue weighted by molar-refractivity contribution is -0.119. The summed E-state index contributed by atoms with van der Waals surface area (Å²) >= 11 is 0. The van der Waals surface area contributed by atoms with E-state index in [0.29, 0.717) is 13.0 Å². The first kappa shape index (κ1) is 13.6. The van der Waals surface area contributed by atoms with Gasteiger partial charge in [-0.2, -0.15) is 0 Å². The predicted molar refractivity (Wildman–Crippen MR) is 82.7 cm³/mol. The summed E-state index contributed by atoms with van der Waals surface area (Å²) in [5.74, 6) is 0.138. The minimum Gasteiger partial charge on any atom is -0.399 e. The Hall–Kier alpha value is -2.33. The van der Waals surface area contributed by atoms with Crippen LogP contribution in [0.4, 0.5) is 11.4 Å². The number of hydrogen-bond acceptors (Lipinski definition) is 3. The normalized spacial score (nSPS) is 14.1. The monoisotopic (exact) mass is 282 g/mol. The summed E-state index contributed by atoms with van der Waals surface area (Å²) < 4.78 is 0. The second-order valence-corrected chi connectivity index (χ2v) is 5.34. The fourth-order valence-corrected chi connectivity index (χ4v) is 2.69. The minimum atomic E-state index is 0.0328. The van der Waals surface area contributed by atoms with Crippen molar-refractivity contribution in [2.45, 2.75) is 26.0 Å². The van der Waals surface area contributed by atoms with Gasteiger partial charge in [-0.25, -0.2) is 0 Å². The Bertz CT molecular complexity index is 665. The zero-order chi connectivity index (χ0) is 14.8. The van der Waals surface area contributed by atoms with Crippen molar-refractivity contribution in [2.24, 2.45) is 0 Å². The molecule has 1 heterocycles. The smallest absolute Gasteiger partial charge is 0.227 e. The molecule has 21 heavy (non-hydrogen) atoms. The first-order valence-electron chi connectivity index (χ1n) is 7.05. The van der Waals surface area contributed by atoms with Crippen molar-refractivity contribution < 1.29 is 9.90 Å². The fourth-order valence-electron chi connectivity index (χ4n) is 2.69. The second kappa shape index (κ2) is 5.58. The second-order valence-electron chi connectivity index (χ2n) is 5.34. The Balaban J connectivity index is 1.89. The lowest BCUT2D eigenvalue weighted by Gasteiger charge is -2.29. The molecule has 0 aromatic heterocycles. The maximum atomic E-state index is 12.2. The number of carbonyl (C=O) groups excluding carboxylic acids is 1. The number of amides is 1. The SMILES string of the molecule is Nc1ccc2c(c1)CCC(=O)N2Cc1ccc(CO)cc1. The molecule has 0 bridgehead atoms. The molecule has 1 amide bonds. The molecular formula is C17H18N2O2. The largest absolute Gasteiger partial charge is 0.399 e. The highest BCUT2D eigenvalue weighted by Gasteiger charge is 2.24. The number of nitrogens with two attached hydrogens (primary N) is 1.